The van der Waals surface area contributed by atoms with Gasteiger partial charge in [0.2, 0.25) is 5.62 Å². The summed E-state index contributed by atoms with van der Waals surface area (Å²) in [4.78, 5) is 13.0. The molecule has 2 aromatic carbocycles. The second kappa shape index (κ2) is 8.39. The van der Waals surface area contributed by atoms with Gasteiger partial charge in [-0.05, 0) is 49.2 Å². The Hall–Kier alpha value is -3.78. The van der Waals surface area contributed by atoms with Crippen LogP contribution in [0.5, 0.6) is 0 Å². The molecule has 1 N–H and O–H groups in total. The largest absolute Gasteiger partial charge is 0.310 e. The Morgan fingerprint density at radius 3 is 2.47 bits per heavy atom. The number of nitriles is 1. The minimum atomic E-state index is -1.59. The number of benzene rings is 2. The van der Waals surface area contributed by atoms with Crippen molar-refractivity contribution in [2.75, 3.05) is 5.32 Å². The quantitative estimate of drug-likeness (QED) is 0.205. The Balaban J connectivity index is 1.89. The van der Waals surface area contributed by atoms with Crippen LogP contribution >= 0.6 is 11.3 Å². The maximum Gasteiger partial charge on any atom is 0.232 e. The maximum atomic E-state index is 14.4. The summed E-state index contributed by atoms with van der Waals surface area (Å²) in [5.74, 6) is -5.55. The molecule has 2 aromatic heterocycles. The topological polar surface area (TPSA) is 78.9 Å². The smallest absolute Gasteiger partial charge is 0.232 e. The molecule has 0 saturated heterocycles. The molecule has 6 nitrogen and oxygen atoms in total. The van der Waals surface area contributed by atoms with Crippen molar-refractivity contribution in [3.63, 3.8) is 0 Å². The van der Waals surface area contributed by atoms with E-state index in [1.54, 1.807) is 12.3 Å². The predicted molar refractivity (Wildman–Crippen MR) is 111 cm³/mol. The Kier molecular flexibility index (Phi) is 5.63. The van der Waals surface area contributed by atoms with Gasteiger partial charge in [0.05, 0.1) is 27.5 Å². The molecule has 4 rings (SSSR count). The van der Waals surface area contributed by atoms with Crippen molar-refractivity contribution in [2.45, 2.75) is 20.4 Å². The third-order valence-electron chi connectivity index (χ3n) is 4.57. The van der Waals surface area contributed by atoms with Crippen molar-refractivity contribution in [3.8, 4) is 6.19 Å². The van der Waals surface area contributed by atoms with Crippen molar-refractivity contribution in [1.29, 1.82) is 5.26 Å². The lowest BCUT2D eigenvalue weighted by Gasteiger charge is -2.11. The van der Waals surface area contributed by atoms with Crippen LogP contribution in [0.4, 0.5) is 29.1 Å². The van der Waals surface area contributed by atoms with Crippen LogP contribution in [0.2, 0.25) is 0 Å². The van der Waals surface area contributed by atoms with Crippen LogP contribution < -0.4 is 10.9 Å². The van der Waals surface area contributed by atoms with Crippen LogP contribution in [0.1, 0.15) is 16.1 Å². The minimum absolute atomic E-state index is 0.0296. The van der Waals surface area contributed by atoms with Gasteiger partial charge in [0, 0.05) is 6.20 Å². The Labute approximate surface area is 183 Å². The third kappa shape index (κ3) is 4.17. The molecule has 0 aliphatic heterocycles. The van der Waals surface area contributed by atoms with E-state index in [1.165, 1.54) is 15.9 Å². The van der Waals surface area contributed by atoms with Gasteiger partial charge in [-0.25, -0.2) is 27.5 Å². The number of rotatable bonds is 4. The van der Waals surface area contributed by atoms with Gasteiger partial charge in [-0.3, -0.25) is 5.32 Å². The fraction of sp³-hybridized carbons (Fsp3) is 0.143. The number of anilines is 1. The lowest BCUT2D eigenvalue weighted by atomic mass is 10.2. The standard InChI is InChI=1S/C21H14F4N6S/c1-10-3-17-18(32-11(2)28-17)6-16(10)29-21-30-20(27-9-26)15(24)8-31(21)7-12-4-13(22)19(25)14(23)5-12/h3-6,8H,7H2,1-2H3,(H,27,29,30). The third-order valence-corrected chi connectivity index (χ3v) is 5.50. The number of aromatic nitrogens is 3. The Bertz CT molecular complexity index is 1440. The Morgan fingerprint density at radius 2 is 1.78 bits per heavy atom. The van der Waals surface area contributed by atoms with Crippen molar-refractivity contribution in [1.82, 2.24) is 14.5 Å². The molecule has 162 valence electrons. The van der Waals surface area contributed by atoms with E-state index < -0.39 is 23.3 Å². The van der Waals surface area contributed by atoms with Gasteiger partial charge in [0.15, 0.2) is 35.3 Å². The highest BCUT2D eigenvalue weighted by molar-refractivity contribution is 7.18. The highest BCUT2D eigenvalue weighted by Crippen LogP contribution is 2.29. The fourth-order valence-electron chi connectivity index (χ4n) is 3.13. The van der Waals surface area contributed by atoms with E-state index in [0.29, 0.717) is 5.69 Å². The van der Waals surface area contributed by atoms with Crippen LogP contribution in [-0.2, 0) is 6.54 Å². The first kappa shape index (κ1) is 21.5. The van der Waals surface area contributed by atoms with Crippen molar-refractivity contribution >= 4 is 33.1 Å². The van der Waals surface area contributed by atoms with Crippen molar-refractivity contribution in [3.05, 3.63) is 75.5 Å². The summed E-state index contributed by atoms with van der Waals surface area (Å²) in [6.07, 6.45) is 2.59. The van der Waals surface area contributed by atoms with Crippen LogP contribution in [0.15, 0.2) is 35.5 Å². The van der Waals surface area contributed by atoms with Gasteiger partial charge in [-0.2, -0.15) is 10.2 Å². The molecule has 0 amide bonds. The molecule has 0 saturated carbocycles. The number of nitrogens with zero attached hydrogens (tertiary/aromatic N) is 5. The average Bonchev–Trinajstić information content (AvgIpc) is 3.08. The number of fused-ring (bicyclic) bond motifs is 1. The minimum Gasteiger partial charge on any atom is -0.310 e. The van der Waals surface area contributed by atoms with Gasteiger partial charge >= 0.3 is 0 Å². The summed E-state index contributed by atoms with van der Waals surface area (Å²) < 4.78 is 57.1. The summed E-state index contributed by atoms with van der Waals surface area (Å²) in [5.41, 5.74) is 2.11. The fourth-order valence-corrected chi connectivity index (χ4v) is 3.97. The van der Waals surface area contributed by atoms with Crippen molar-refractivity contribution < 1.29 is 17.6 Å². The van der Waals surface area contributed by atoms with E-state index in [1.807, 2.05) is 19.9 Å². The van der Waals surface area contributed by atoms with Crippen molar-refractivity contribution in [2.24, 2.45) is 4.99 Å². The molecule has 0 fully saturated rings. The summed E-state index contributed by atoms with van der Waals surface area (Å²) in [7, 11) is 0. The number of thiazole rings is 1. The van der Waals surface area contributed by atoms with Crippen LogP contribution in [-0.4, -0.2) is 14.5 Å². The molecule has 0 spiro atoms. The average molecular weight is 458 g/mol. The molecule has 0 bridgehead atoms. The lowest BCUT2D eigenvalue weighted by Crippen LogP contribution is -2.26. The van der Waals surface area contributed by atoms with E-state index >= 15 is 0 Å². The summed E-state index contributed by atoms with van der Waals surface area (Å²) in [5, 5.41) is 11.9. The normalized spacial score (nSPS) is 11.7. The van der Waals surface area contributed by atoms with E-state index in [2.05, 4.69) is 20.3 Å². The molecular formula is C21H14F4N6S. The van der Waals surface area contributed by atoms with Gasteiger partial charge in [-0.15, -0.1) is 11.3 Å². The van der Waals surface area contributed by atoms with Gasteiger partial charge in [0.1, 0.15) is 0 Å². The molecule has 0 atom stereocenters. The summed E-state index contributed by atoms with van der Waals surface area (Å²) in [6, 6.07) is 5.28. The molecule has 0 radical (unpaired) electrons. The first-order chi connectivity index (χ1) is 15.2. The maximum absolute atomic E-state index is 14.4. The summed E-state index contributed by atoms with van der Waals surface area (Å²) >= 11 is 1.48. The zero-order valence-electron chi connectivity index (χ0n) is 16.8. The van der Waals surface area contributed by atoms with Gasteiger partial charge < -0.3 is 4.57 Å². The lowest BCUT2D eigenvalue weighted by molar-refractivity contribution is 0.444. The highest BCUT2D eigenvalue weighted by atomic mass is 32.1. The molecule has 2 heterocycles. The molecule has 4 aromatic rings. The van der Waals surface area contributed by atoms with E-state index in [9.17, 15) is 17.6 Å². The van der Waals surface area contributed by atoms with Crippen LogP contribution in [0.25, 0.3) is 10.2 Å². The zero-order valence-corrected chi connectivity index (χ0v) is 17.6. The number of hydrogen-bond acceptors (Lipinski definition) is 6. The molecule has 0 aliphatic carbocycles. The first-order valence-electron chi connectivity index (χ1n) is 9.23. The molecular weight excluding hydrogens is 444 g/mol. The zero-order chi connectivity index (χ0) is 23.0. The number of halogens is 4. The molecule has 0 unspecified atom stereocenters. The van der Waals surface area contributed by atoms with Crippen LogP contribution in [0, 0.1) is 48.6 Å². The van der Waals surface area contributed by atoms with Gasteiger partial charge in [0.25, 0.3) is 0 Å². The van der Waals surface area contributed by atoms with Gasteiger partial charge in [-0.1, -0.05) is 0 Å². The second-order valence-corrected chi connectivity index (χ2v) is 8.16. The second-order valence-electron chi connectivity index (χ2n) is 6.93. The molecule has 32 heavy (non-hydrogen) atoms. The van der Waals surface area contributed by atoms with Crippen LogP contribution in [0.3, 0.4) is 0 Å². The SMILES string of the molecule is Cc1nc2cc(C)c(N=c3nc(NC#N)c(F)cn3Cc3cc(F)c(F)c(F)c3)cc2s1. The number of hydrogen-bond donors (Lipinski definition) is 1. The predicted octanol–water partition coefficient (Wildman–Crippen LogP) is 4.84. The van der Waals surface area contributed by atoms with E-state index in [0.717, 1.165) is 39.1 Å². The molecule has 0 aliphatic rings. The first-order valence-corrected chi connectivity index (χ1v) is 10.0. The Morgan fingerprint density at radius 1 is 1.06 bits per heavy atom. The van der Waals surface area contributed by atoms with E-state index in [-0.39, 0.29) is 23.5 Å². The number of aryl methyl sites for hydroxylation is 2. The highest BCUT2D eigenvalue weighted by Gasteiger charge is 2.14. The summed E-state index contributed by atoms with van der Waals surface area (Å²) in [6.45, 7) is 3.46. The molecule has 11 heteroatoms. The number of nitrogens with one attached hydrogen (secondary N) is 1. The van der Waals surface area contributed by atoms with E-state index in [4.69, 9.17) is 5.26 Å². The monoisotopic (exact) mass is 458 g/mol.